The van der Waals surface area contributed by atoms with Crippen LogP contribution in [0.2, 0.25) is 0 Å². The molecule has 0 N–H and O–H groups in total. The Kier molecular flexibility index (Phi) is 18.1. The lowest BCUT2D eigenvalue weighted by Crippen LogP contribution is -2.37. The number of nitriles is 2. The predicted molar refractivity (Wildman–Crippen MR) is 522 cm³/mol. The minimum Gasteiger partial charge on any atom is -0.456 e. The molecule has 0 fully saturated rings. The molecule has 0 radical (unpaired) electrons. The molecule has 612 valence electrons. The van der Waals surface area contributed by atoms with Crippen molar-refractivity contribution in [2.75, 3.05) is 0 Å². The number of hydrogen-bond donors (Lipinski definition) is 0. The summed E-state index contributed by atoms with van der Waals surface area (Å²) >= 11 is 0. The van der Waals surface area contributed by atoms with Crippen molar-refractivity contribution in [3.8, 4) is 125 Å². The van der Waals surface area contributed by atoms with Gasteiger partial charge in [0, 0.05) is 54.9 Å². The lowest BCUT2D eigenvalue weighted by Gasteiger charge is -2.44. The number of fused-ring (bicyclic) bond motifs is 14. The molecule has 4 aromatic heterocycles. The Labute approximate surface area is 743 Å². The second kappa shape index (κ2) is 29.9. The molecule has 1 unspecified atom stereocenters. The van der Waals surface area contributed by atoms with E-state index in [4.69, 9.17) is 38.7 Å². The molecule has 0 saturated carbocycles. The van der Waals surface area contributed by atoms with E-state index in [-0.39, 0.29) is 21.7 Å². The van der Waals surface area contributed by atoms with E-state index in [2.05, 4.69) is 303 Å². The van der Waals surface area contributed by atoms with E-state index >= 15 is 0 Å². The van der Waals surface area contributed by atoms with Gasteiger partial charge in [0.25, 0.3) is 0 Å². The number of aryl methyl sites for hydroxylation is 1. The highest BCUT2D eigenvalue weighted by Gasteiger charge is 2.42. The van der Waals surface area contributed by atoms with Crippen LogP contribution in [0.1, 0.15) is 136 Å². The van der Waals surface area contributed by atoms with Crippen molar-refractivity contribution in [3.05, 3.63) is 371 Å². The van der Waals surface area contributed by atoms with Crippen molar-refractivity contribution in [1.82, 2.24) is 29.9 Å². The van der Waals surface area contributed by atoms with Crippen LogP contribution in [0.15, 0.2) is 324 Å². The molecule has 1 atom stereocenters. The number of hydrogen-bond acceptors (Lipinski definition) is 10. The quantitative estimate of drug-likeness (QED) is 0.102. The number of allylic oxidation sites excluding steroid dienone is 1. The lowest BCUT2D eigenvalue weighted by atomic mass is 9.60. The molecule has 0 bridgehead atoms. The van der Waals surface area contributed by atoms with Gasteiger partial charge in [-0.15, -0.1) is 0 Å². The average molecular weight is 1650 g/mol. The number of benzene rings is 16. The summed E-state index contributed by atoms with van der Waals surface area (Å²) in [5, 5.41) is 30.1. The third-order valence-corrected chi connectivity index (χ3v) is 28.2. The molecular formula is C118H88N8O2. The van der Waals surface area contributed by atoms with Gasteiger partial charge in [0.15, 0.2) is 34.9 Å². The van der Waals surface area contributed by atoms with Crippen LogP contribution in [0.5, 0.6) is 0 Å². The zero-order chi connectivity index (χ0) is 86.5. The fourth-order valence-electron chi connectivity index (χ4n) is 20.9. The number of rotatable bonds is 13. The molecule has 128 heavy (non-hydrogen) atoms. The summed E-state index contributed by atoms with van der Waals surface area (Å²) < 4.78 is 13.8. The number of furan rings is 2. The highest BCUT2D eigenvalue weighted by molar-refractivity contribution is 6.15. The van der Waals surface area contributed by atoms with Gasteiger partial charge in [-0.1, -0.05) is 285 Å². The second-order valence-corrected chi connectivity index (χ2v) is 37.7. The molecule has 4 heterocycles. The zero-order valence-electron chi connectivity index (χ0n) is 72.4. The molecule has 3 aliphatic carbocycles. The summed E-state index contributed by atoms with van der Waals surface area (Å²) in [6, 6.07) is 117. The van der Waals surface area contributed by atoms with Gasteiger partial charge >= 0.3 is 0 Å². The van der Waals surface area contributed by atoms with Gasteiger partial charge in [0.05, 0.1) is 23.3 Å². The van der Waals surface area contributed by atoms with E-state index in [1.165, 1.54) is 49.9 Å². The number of nitrogens with zero attached hydrogens (tertiary/aromatic N) is 8. The molecule has 10 nitrogen and oxygen atoms in total. The minimum absolute atomic E-state index is 0.0113. The number of aromatic nitrogens is 6. The highest BCUT2D eigenvalue weighted by atomic mass is 16.3. The summed E-state index contributed by atoms with van der Waals surface area (Å²) in [7, 11) is 0. The molecule has 0 spiro atoms. The lowest BCUT2D eigenvalue weighted by molar-refractivity contribution is 0.311. The predicted octanol–water partition coefficient (Wildman–Crippen LogP) is 30.1. The summed E-state index contributed by atoms with van der Waals surface area (Å²) in [4.78, 5) is 32.9. The molecule has 16 aromatic carbocycles. The van der Waals surface area contributed by atoms with Crippen LogP contribution in [0, 0.1) is 22.7 Å². The van der Waals surface area contributed by atoms with Crippen molar-refractivity contribution < 1.29 is 8.83 Å². The first-order valence-corrected chi connectivity index (χ1v) is 44.5. The van der Waals surface area contributed by atoms with Crippen molar-refractivity contribution in [2.45, 2.75) is 115 Å². The van der Waals surface area contributed by atoms with Gasteiger partial charge in [-0.05, 0) is 278 Å². The van der Waals surface area contributed by atoms with E-state index in [0.29, 0.717) is 46.1 Å². The van der Waals surface area contributed by atoms with Crippen LogP contribution >= 0.6 is 0 Å². The van der Waals surface area contributed by atoms with Gasteiger partial charge in [-0.25, -0.2) is 29.9 Å². The third kappa shape index (κ3) is 13.4. The smallest absolute Gasteiger partial charge is 0.164 e. The maximum atomic E-state index is 9.92. The molecular weight excluding hydrogens is 1560 g/mol. The maximum absolute atomic E-state index is 9.92. The average Bonchev–Trinajstić information content (AvgIpc) is 1.65. The van der Waals surface area contributed by atoms with E-state index in [1.807, 2.05) is 78.9 Å². The zero-order valence-corrected chi connectivity index (χ0v) is 72.4. The van der Waals surface area contributed by atoms with E-state index < -0.39 is 0 Å². The van der Waals surface area contributed by atoms with Gasteiger partial charge in [0.2, 0.25) is 0 Å². The van der Waals surface area contributed by atoms with Crippen molar-refractivity contribution in [1.29, 1.82) is 10.5 Å². The Balaban J connectivity index is 0.626. The van der Waals surface area contributed by atoms with Gasteiger partial charge in [0.1, 0.15) is 22.3 Å². The van der Waals surface area contributed by atoms with Crippen LogP contribution in [0.4, 0.5) is 0 Å². The molecule has 0 amide bonds. The van der Waals surface area contributed by atoms with Crippen LogP contribution in [-0.2, 0) is 34.5 Å². The first-order chi connectivity index (χ1) is 62.3. The van der Waals surface area contributed by atoms with Gasteiger partial charge in [-0.3, -0.25) is 0 Å². The first kappa shape index (κ1) is 77.4. The van der Waals surface area contributed by atoms with Crippen LogP contribution < -0.4 is 0 Å². The minimum atomic E-state index is -0.242. The Morgan fingerprint density at radius 3 is 1.27 bits per heavy atom. The Morgan fingerprint density at radius 1 is 0.289 bits per heavy atom. The summed E-state index contributed by atoms with van der Waals surface area (Å²) in [5.74, 6) is 3.38. The summed E-state index contributed by atoms with van der Waals surface area (Å²) in [6.07, 6.45) is 9.21. The van der Waals surface area contributed by atoms with Gasteiger partial charge < -0.3 is 8.83 Å². The molecule has 0 saturated heterocycles. The first-order valence-electron chi connectivity index (χ1n) is 44.5. The molecule has 0 aliphatic heterocycles. The van der Waals surface area contributed by atoms with Crippen LogP contribution in [0.25, 0.3) is 201 Å². The summed E-state index contributed by atoms with van der Waals surface area (Å²) in [5.41, 5.74) is 29.6. The molecule has 10 heteroatoms. The van der Waals surface area contributed by atoms with E-state index in [1.54, 1.807) is 0 Å². The van der Waals surface area contributed by atoms with Crippen molar-refractivity contribution in [3.63, 3.8) is 0 Å². The third-order valence-electron chi connectivity index (χ3n) is 28.2. The summed E-state index contributed by atoms with van der Waals surface area (Å²) in [6.45, 7) is 16.9. The standard InChI is InChI=1S/C118H88N8O2/c1-115(2)51-52-116(3,4)101-64-83(46-49-99(101)115)88-62-98(108-92-26-15-17-28-104(92)128-106(108)66-88)114-124-110(77-21-12-9-13-22-77)122-112(126-114)86-45-48-90-89(56-84-43-42-81(58-95(84)96(90)60-86)73-35-31-71(69-120)32-36-73)67-118(7)54-53-117(5,6)102-63-82(47-50-100(102)118)78-23-18-24-79(55-78)87-61-97(107-91-25-14-16-27-103(91)127-105(107)65-87)113-123-109(76-19-10-8-11-20-76)121-111(125-113)85-44-40-75-38-37-74-39-41-80(57-93(74)94(75)59-85)72-33-29-70(68-119)30-34-72/h8-41,44-50,55-66H,42-43,51-54,67H2,1-7H3. The Bertz CT molecular complexity index is 8160. The molecule has 23 rings (SSSR count). The molecule has 3 aliphatic rings. The largest absolute Gasteiger partial charge is 0.456 e. The van der Waals surface area contributed by atoms with Gasteiger partial charge in [-0.2, -0.15) is 10.5 Å². The Hall–Kier alpha value is -15.4. The van der Waals surface area contributed by atoms with E-state index in [9.17, 15) is 10.5 Å². The number of para-hydroxylation sites is 2. The fourth-order valence-corrected chi connectivity index (χ4v) is 20.9. The SMILES string of the molecule is CC1(C)CCC(C)(C)c2cc(-c3cc(-c4nc(-c5ccccc5)nc(-c5ccc6c(CC7(C)CCC(C)(C)c8cc(-c9cccc(-c%10cc(-c%11nc(-c%12ccccc%12)nc(-c%12ccc%13ccc%14ccc(-c%15ccc(C#N)cc%15)cc%14c%13c%12)n%11)c%11c(c%10)oc%10ccccc%10%11)c9)ccc87)cc7c(c6c5)C=C(c5ccc(C#N)cc5)CC7)n4)c4c(c3)oc3ccccc34)ccc21. The monoisotopic (exact) mass is 1650 g/mol. The second-order valence-electron chi connectivity index (χ2n) is 37.7. The Morgan fingerprint density at radius 2 is 0.703 bits per heavy atom. The topological polar surface area (TPSA) is 151 Å². The highest BCUT2D eigenvalue weighted by Crippen LogP contribution is 2.53. The van der Waals surface area contributed by atoms with E-state index in [0.717, 1.165) is 199 Å². The molecule has 20 aromatic rings. The van der Waals surface area contributed by atoms with Crippen molar-refractivity contribution in [2.24, 2.45) is 0 Å². The van der Waals surface area contributed by atoms with Crippen molar-refractivity contribution >= 4 is 87.8 Å². The normalized spacial score (nSPS) is 15.6. The van der Waals surface area contributed by atoms with Crippen LogP contribution in [-0.4, -0.2) is 29.9 Å². The maximum Gasteiger partial charge on any atom is 0.164 e. The fraction of sp³-hybridized carbons (Fsp3) is 0.153. The van der Waals surface area contributed by atoms with Crippen LogP contribution in [0.3, 0.4) is 0 Å².